The van der Waals surface area contributed by atoms with Crippen molar-refractivity contribution in [1.82, 2.24) is 0 Å². The maximum Gasteiger partial charge on any atom is 0.121 e. The van der Waals surface area contributed by atoms with Gasteiger partial charge in [0.15, 0.2) is 0 Å². The van der Waals surface area contributed by atoms with Crippen LogP contribution in [0.2, 0.25) is 0 Å². The van der Waals surface area contributed by atoms with Crippen molar-refractivity contribution in [3.8, 4) is 0 Å². The molecule has 2 heteroatoms. The topological polar surface area (TPSA) is 18.5 Å². The maximum atomic E-state index is 6.42. The van der Waals surface area contributed by atoms with Gasteiger partial charge in [-0.3, -0.25) is 0 Å². The van der Waals surface area contributed by atoms with Gasteiger partial charge < -0.3 is 9.47 Å². The number of hydrogen-bond acceptors (Lipinski definition) is 2. The predicted octanol–water partition coefficient (Wildman–Crippen LogP) is 3.29. The minimum Gasteiger partial charge on any atom is -0.365 e. The molecule has 0 saturated carbocycles. The third-order valence-electron chi connectivity index (χ3n) is 5.67. The minimum atomic E-state index is 0.00852. The Morgan fingerprint density at radius 2 is 2.06 bits per heavy atom. The zero-order chi connectivity index (χ0) is 11.6. The molecule has 0 aromatic carbocycles. The van der Waals surface area contributed by atoms with Gasteiger partial charge in [-0.2, -0.15) is 0 Å². The van der Waals surface area contributed by atoms with Crippen molar-refractivity contribution in [1.29, 1.82) is 0 Å². The van der Waals surface area contributed by atoms with E-state index in [2.05, 4.69) is 27.7 Å². The summed E-state index contributed by atoms with van der Waals surface area (Å²) in [5, 5.41) is 0. The first kappa shape index (κ1) is 11.0. The molecule has 0 aromatic rings. The monoisotopic (exact) mass is 224 g/mol. The van der Waals surface area contributed by atoms with Crippen LogP contribution in [0, 0.1) is 5.92 Å². The molecule has 3 rings (SSSR count). The second-order valence-electron chi connectivity index (χ2n) is 6.38. The number of unbranched alkanes of at least 4 members (excludes halogenated alkanes) is 1. The standard InChI is InChI=1S/C14H24O2/c1-5-6-8-14-10(2)12(3)9-7-11(15-14)13(14,4)16-12/h10-11H,5-9H2,1-4H3/t10-,11-,12-,13+,14+/m0/s1. The smallest absolute Gasteiger partial charge is 0.121 e. The highest BCUT2D eigenvalue weighted by atomic mass is 16.7. The highest BCUT2D eigenvalue weighted by Crippen LogP contribution is 2.67. The first-order valence-electron chi connectivity index (χ1n) is 6.86. The molecule has 0 radical (unpaired) electrons. The highest BCUT2D eigenvalue weighted by molar-refractivity contribution is 5.26. The van der Waals surface area contributed by atoms with Crippen molar-refractivity contribution in [2.45, 2.75) is 82.7 Å². The molecule has 0 N–H and O–H groups in total. The van der Waals surface area contributed by atoms with Crippen molar-refractivity contribution in [3.63, 3.8) is 0 Å². The summed E-state index contributed by atoms with van der Waals surface area (Å²) in [6.45, 7) is 9.16. The van der Waals surface area contributed by atoms with E-state index in [1.807, 2.05) is 0 Å². The van der Waals surface area contributed by atoms with Gasteiger partial charge >= 0.3 is 0 Å². The third kappa shape index (κ3) is 0.971. The predicted molar refractivity (Wildman–Crippen MR) is 63.4 cm³/mol. The van der Waals surface area contributed by atoms with Gasteiger partial charge in [0.25, 0.3) is 0 Å². The van der Waals surface area contributed by atoms with Gasteiger partial charge in [0, 0.05) is 5.92 Å². The van der Waals surface area contributed by atoms with Gasteiger partial charge in [0.05, 0.1) is 11.7 Å². The van der Waals surface area contributed by atoms with Crippen LogP contribution in [0.1, 0.15) is 59.8 Å². The van der Waals surface area contributed by atoms with E-state index in [4.69, 9.17) is 9.47 Å². The van der Waals surface area contributed by atoms with Crippen molar-refractivity contribution in [2.24, 2.45) is 5.92 Å². The van der Waals surface area contributed by atoms with Crippen molar-refractivity contribution < 1.29 is 9.47 Å². The van der Waals surface area contributed by atoms with Crippen LogP contribution >= 0.6 is 0 Å². The lowest BCUT2D eigenvalue weighted by molar-refractivity contribution is -0.348. The first-order chi connectivity index (χ1) is 7.48. The largest absolute Gasteiger partial charge is 0.365 e. The Morgan fingerprint density at radius 3 is 2.75 bits per heavy atom. The summed E-state index contributed by atoms with van der Waals surface area (Å²) in [7, 11) is 0. The first-order valence-corrected chi connectivity index (χ1v) is 6.86. The molecule has 0 amide bonds. The van der Waals surface area contributed by atoms with E-state index < -0.39 is 0 Å². The number of ether oxygens (including phenoxy) is 2. The second kappa shape index (κ2) is 3.02. The Balaban J connectivity index is 1.95. The molecule has 0 unspecified atom stereocenters. The quantitative estimate of drug-likeness (QED) is 0.732. The normalized spacial score (nSPS) is 58.5. The molecule has 2 bridgehead atoms. The molecule has 3 heterocycles. The van der Waals surface area contributed by atoms with Crippen LogP contribution in [0.5, 0.6) is 0 Å². The van der Waals surface area contributed by atoms with Gasteiger partial charge in [0.1, 0.15) is 11.2 Å². The molecule has 0 aromatic heterocycles. The molecule has 3 fully saturated rings. The summed E-state index contributed by atoms with van der Waals surface area (Å²) >= 11 is 0. The molecule has 0 aliphatic carbocycles. The molecule has 3 aliphatic heterocycles. The van der Waals surface area contributed by atoms with E-state index in [0.29, 0.717) is 12.0 Å². The van der Waals surface area contributed by atoms with E-state index in [1.165, 1.54) is 32.1 Å². The molecular formula is C14H24O2. The molecule has 5 atom stereocenters. The summed E-state index contributed by atoms with van der Waals surface area (Å²) in [5.41, 5.74) is 0.100. The van der Waals surface area contributed by atoms with Crippen molar-refractivity contribution >= 4 is 0 Å². The zero-order valence-electron chi connectivity index (χ0n) is 11.0. The Kier molecular flexibility index (Phi) is 2.09. The van der Waals surface area contributed by atoms with E-state index in [9.17, 15) is 0 Å². The minimum absolute atomic E-state index is 0.00852. The summed E-state index contributed by atoms with van der Waals surface area (Å²) in [6, 6.07) is 0. The van der Waals surface area contributed by atoms with Crippen LogP contribution in [0.15, 0.2) is 0 Å². The highest BCUT2D eigenvalue weighted by Gasteiger charge is 2.78. The molecule has 2 nitrogen and oxygen atoms in total. The lowest BCUT2D eigenvalue weighted by atomic mass is 9.66. The van der Waals surface area contributed by atoms with E-state index >= 15 is 0 Å². The molecular weight excluding hydrogens is 200 g/mol. The fraction of sp³-hybridized carbons (Fsp3) is 1.00. The SMILES string of the molecule is CCCC[C@]12O[C@H]3CC[C@](C)(O[C@]31C)[C@@H]2C. The fourth-order valence-electron chi connectivity index (χ4n) is 4.43. The van der Waals surface area contributed by atoms with Crippen LogP contribution in [-0.4, -0.2) is 22.9 Å². The molecule has 16 heavy (non-hydrogen) atoms. The Bertz CT molecular complexity index is 316. The van der Waals surface area contributed by atoms with Gasteiger partial charge in [-0.05, 0) is 33.1 Å². The van der Waals surface area contributed by atoms with Gasteiger partial charge in [-0.15, -0.1) is 0 Å². The van der Waals surface area contributed by atoms with Crippen LogP contribution in [0.25, 0.3) is 0 Å². The number of fused-ring (bicyclic) bond motifs is 1. The second-order valence-corrected chi connectivity index (χ2v) is 6.38. The van der Waals surface area contributed by atoms with Crippen LogP contribution in [0.3, 0.4) is 0 Å². The van der Waals surface area contributed by atoms with E-state index in [1.54, 1.807) is 0 Å². The van der Waals surface area contributed by atoms with E-state index in [-0.39, 0.29) is 16.8 Å². The Hall–Kier alpha value is -0.0800. The average Bonchev–Trinajstić information content (AvgIpc) is 2.34. The van der Waals surface area contributed by atoms with Crippen LogP contribution < -0.4 is 0 Å². The summed E-state index contributed by atoms with van der Waals surface area (Å²) in [5.74, 6) is 0.537. The Morgan fingerprint density at radius 1 is 1.31 bits per heavy atom. The zero-order valence-corrected chi connectivity index (χ0v) is 11.0. The average molecular weight is 224 g/mol. The van der Waals surface area contributed by atoms with Crippen molar-refractivity contribution in [2.75, 3.05) is 0 Å². The molecule has 3 saturated heterocycles. The Labute approximate surface area is 98.7 Å². The van der Waals surface area contributed by atoms with Crippen LogP contribution in [0.4, 0.5) is 0 Å². The number of rotatable bonds is 3. The maximum absolute atomic E-state index is 6.42. The van der Waals surface area contributed by atoms with Gasteiger partial charge in [-0.1, -0.05) is 26.7 Å². The molecule has 0 spiro atoms. The summed E-state index contributed by atoms with van der Waals surface area (Å²) < 4.78 is 12.7. The fourth-order valence-corrected chi connectivity index (χ4v) is 4.43. The lowest BCUT2D eigenvalue weighted by Gasteiger charge is -2.59. The van der Waals surface area contributed by atoms with E-state index in [0.717, 1.165) is 0 Å². The summed E-state index contributed by atoms with van der Waals surface area (Å²) in [4.78, 5) is 0. The number of hydrogen-bond donors (Lipinski definition) is 0. The van der Waals surface area contributed by atoms with Crippen molar-refractivity contribution in [3.05, 3.63) is 0 Å². The van der Waals surface area contributed by atoms with Crippen LogP contribution in [-0.2, 0) is 9.47 Å². The van der Waals surface area contributed by atoms with Gasteiger partial charge in [0.2, 0.25) is 0 Å². The lowest BCUT2D eigenvalue weighted by Crippen LogP contribution is -2.72. The third-order valence-corrected chi connectivity index (χ3v) is 5.67. The molecule has 92 valence electrons. The molecule has 3 aliphatic rings. The van der Waals surface area contributed by atoms with Gasteiger partial charge in [-0.25, -0.2) is 0 Å². The summed E-state index contributed by atoms with van der Waals surface area (Å²) in [6.07, 6.45) is 6.39.